The number of hydrogen-bond acceptors (Lipinski definition) is 22. The molecule has 1 unspecified atom stereocenters. The first kappa shape index (κ1) is 70.2. The molecule has 554 valence electrons. The van der Waals surface area contributed by atoms with E-state index in [0.717, 1.165) is 141 Å². The standard InChI is InChI=1S/C32H34N6O3.C28H31N7O3.C22H22FN5O/c1-36-20-24(17-34-36)32-18-33-30-10-9-25(15-31(30)35-32)38(26-13-27(39-2)16-28(14-26)40-3)22-29-21-37(11-12-41-29)19-23-7-5-4-6-8-23;1-33-16-20(13-31-33)28-14-30-26-5-4-21(10-27(26)32-28)35(22-8-24(37-2)11-25(9-22)38-3)18-23(36)17-34-7-6-19(12-29)15-34;1-4-7-28(18-8-16(23)9-19(10-18)29-3)17-5-6-20-21(11-17)26-22(13-24-20)15-12-25-27(2)14-15/h4-10,13-18,20,29H,11-12,19,21-22H2,1-3H3;4-5,8-11,13-14,16,19,23,36H,6-7,15,17-18H2,1-3H3;5-6,8-14H,4,7H2,1-3H3/t;19-,23+;/m.1./s1/i;;3D3. The fourth-order valence-corrected chi connectivity index (χ4v) is 13.3. The van der Waals surface area contributed by atoms with Gasteiger partial charge in [0.1, 0.15) is 34.6 Å². The number of aromatic nitrogens is 12. The van der Waals surface area contributed by atoms with Gasteiger partial charge in [-0.3, -0.25) is 38.8 Å². The average molecular weight is 1460 g/mol. The average Bonchev–Trinajstić information content (AvgIpc) is 1.67. The summed E-state index contributed by atoms with van der Waals surface area (Å²) in [6.45, 7) is 8.84. The van der Waals surface area contributed by atoms with Gasteiger partial charge in [0.05, 0.1) is 171 Å². The van der Waals surface area contributed by atoms with E-state index in [-0.39, 0.29) is 17.8 Å². The highest BCUT2D eigenvalue weighted by molar-refractivity contribution is 5.86. The quantitative estimate of drug-likeness (QED) is 0.0590. The monoisotopic (exact) mass is 1460 g/mol. The second-order valence-corrected chi connectivity index (χ2v) is 26.5. The lowest BCUT2D eigenvalue weighted by Gasteiger charge is -2.36. The smallest absolute Gasteiger partial charge is 0.128 e. The lowest BCUT2D eigenvalue weighted by Crippen LogP contribution is -2.46. The number of rotatable bonds is 24. The Bertz CT molecular complexity index is 5350. The fourth-order valence-electron chi connectivity index (χ4n) is 13.3. The molecule has 0 spiro atoms. The van der Waals surface area contributed by atoms with E-state index in [4.69, 9.17) is 47.5 Å². The molecule has 25 nitrogen and oxygen atoms in total. The van der Waals surface area contributed by atoms with Crippen LogP contribution in [0.15, 0.2) is 195 Å². The Morgan fingerprint density at radius 3 is 1.47 bits per heavy atom. The maximum absolute atomic E-state index is 14.3. The molecule has 0 bridgehead atoms. The molecule has 13 aromatic rings. The molecule has 0 radical (unpaired) electrons. The minimum absolute atomic E-state index is 0.00633. The van der Waals surface area contributed by atoms with Gasteiger partial charge < -0.3 is 48.2 Å². The molecule has 8 heterocycles. The van der Waals surface area contributed by atoms with Gasteiger partial charge in [0.25, 0.3) is 0 Å². The van der Waals surface area contributed by atoms with Gasteiger partial charge in [-0.2, -0.15) is 20.6 Å². The molecule has 2 saturated heterocycles. The number of anilines is 6. The van der Waals surface area contributed by atoms with Crippen molar-refractivity contribution >= 4 is 67.2 Å². The first-order valence-electron chi connectivity index (χ1n) is 37.0. The van der Waals surface area contributed by atoms with Crippen LogP contribution in [0, 0.1) is 23.1 Å². The molecule has 108 heavy (non-hydrogen) atoms. The SMILES string of the molecule is COc1cc(OC)cc(N(CC2CN(Cc3ccccc3)CCO2)c2ccc3ncc(-c4cnn(C)c4)nc3c2)c1.COc1cc(OC)cc(N(C[C@@H](O)CN2CC[C@H](C#N)C2)c2ccc3ncc(-c4cnn(C)c4)nc3c2)c1.[2H]C([2H])([2H])Oc1cc(F)cc(N(CCC)c2ccc3ncc(-c4cnn(C)c4)nc3c2)c1. The number of morpholine rings is 1. The predicted molar refractivity (Wildman–Crippen MR) is 416 cm³/mol. The van der Waals surface area contributed by atoms with Crippen LogP contribution in [0.2, 0.25) is 0 Å². The van der Waals surface area contributed by atoms with E-state index >= 15 is 0 Å². The van der Waals surface area contributed by atoms with E-state index in [0.29, 0.717) is 67.7 Å². The molecule has 26 heteroatoms. The number of aliphatic hydroxyl groups excluding tert-OH is 1. The van der Waals surface area contributed by atoms with Crippen molar-refractivity contribution in [1.29, 1.82) is 5.26 Å². The van der Waals surface area contributed by atoms with Crippen LogP contribution >= 0.6 is 0 Å². The third kappa shape index (κ3) is 18.2. The predicted octanol–water partition coefficient (Wildman–Crippen LogP) is 13.2. The number of nitriles is 1. The van der Waals surface area contributed by atoms with Crippen LogP contribution in [0.25, 0.3) is 66.9 Å². The molecule has 1 N–H and O–H groups in total. The highest BCUT2D eigenvalue weighted by atomic mass is 19.1. The van der Waals surface area contributed by atoms with Gasteiger partial charge in [-0.15, -0.1) is 0 Å². The summed E-state index contributed by atoms with van der Waals surface area (Å²) in [5.74, 6) is 2.12. The van der Waals surface area contributed by atoms with Crippen LogP contribution < -0.4 is 38.4 Å². The second-order valence-electron chi connectivity index (χ2n) is 26.5. The molecule has 3 atom stereocenters. The van der Waals surface area contributed by atoms with E-state index in [9.17, 15) is 14.8 Å². The molecule has 0 amide bonds. The second kappa shape index (κ2) is 34.4. The minimum Gasteiger partial charge on any atom is -0.497 e. The Labute approximate surface area is 630 Å². The summed E-state index contributed by atoms with van der Waals surface area (Å²) in [6.07, 6.45) is 17.2. The van der Waals surface area contributed by atoms with Gasteiger partial charge in [-0.1, -0.05) is 37.3 Å². The number of ether oxygens (including phenoxy) is 6. The van der Waals surface area contributed by atoms with Crippen molar-refractivity contribution in [2.75, 3.05) is 109 Å². The lowest BCUT2D eigenvalue weighted by molar-refractivity contribution is -0.0259. The molecule has 2 aliphatic rings. The first-order chi connectivity index (χ1) is 53.7. The number of likely N-dealkylation sites (tertiary alicyclic amines) is 1. The summed E-state index contributed by atoms with van der Waals surface area (Å²) in [6, 6.07) is 46.1. The van der Waals surface area contributed by atoms with Crippen molar-refractivity contribution in [2.45, 2.75) is 38.5 Å². The topological polar surface area (TPSA) is 246 Å². The van der Waals surface area contributed by atoms with Crippen LogP contribution in [-0.2, 0) is 32.4 Å². The van der Waals surface area contributed by atoms with E-state index in [2.05, 4.69) is 93.5 Å². The van der Waals surface area contributed by atoms with E-state index in [1.165, 1.54) is 17.7 Å². The summed E-state index contributed by atoms with van der Waals surface area (Å²) >= 11 is 0. The summed E-state index contributed by atoms with van der Waals surface area (Å²) in [7, 11) is 9.49. The van der Waals surface area contributed by atoms with Crippen LogP contribution in [0.1, 0.15) is 29.4 Å². The Kier molecular flexibility index (Phi) is 22.3. The third-order valence-electron chi connectivity index (χ3n) is 18.7. The number of methoxy groups -OCH3 is 5. The van der Waals surface area contributed by atoms with Crippen LogP contribution in [0.4, 0.5) is 38.5 Å². The van der Waals surface area contributed by atoms with Crippen molar-refractivity contribution in [3.05, 3.63) is 207 Å². The molecule has 6 aromatic heterocycles. The van der Waals surface area contributed by atoms with Crippen LogP contribution in [-0.4, -0.2) is 181 Å². The van der Waals surface area contributed by atoms with Crippen LogP contribution in [0.5, 0.6) is 28.7 Å². The molecule has 2 aliphatic heterocycles. The Balaban J connectivity index is 0.000000147. The first-order valence-corrected chi connectivity index (χ1v) is 35.5. The fraction of sp³-hybridized carbons (Fsp3) is 0.293. The highest BCUT2D eigenvalue weighted by Gasteiger charge is 2.28. The summed E-state index contributed by atoms with van der Waals surface area (Å²) < 4.78 is 74.9. The van der Waals surface area contributed by atoms with Gasteiger partial charge in [0.15, 0.2) is 0 Å². The third-order valence-corrected chi connectivity index (χ3v) is 18.7. The van der Waals surface area contributed by atoms with E-state index in [1.807, 2.05) is 135 Å². The normalized spacial score (nSPS) is 15.2. The number of aliphatic hydroxyl groups is 1. The minimum atomic E-state index is -2.66. The molecular formula is C82H87FN18O7. The zero-order valence-electron chi connectivity index (χ0n) is 64.5. The van der Waals surface area contributed by atoms with Crippen molar-refractivity contribution in [3.63, 3.8) is 0 Å². The molecule has 7 aromatic carbocycles. The number of hydrogen-bond donors (Lipinski definition) is 1. The largest absolute Gasteiger partial charge is 0.497 e. The van der Waals surface area contributed by atoms with Gasteiger partial charge in [-0.25, -0.2) is 19.3 Å². The van der Waals surface area contributed by atoms with Gasteiger partial charge >= 0.3 is 0 Å². The number of aryl methyl sites for hydroxylation is 3. The molecular weight excluding hydrogens is 1370 g/mol. The Morgan fingerprint density at radius 2 is 1.02 bits per heavy atom. The summed E-state index contributed by atoms with van der Waals surface area (Å²) in [5.41, 5.74) is 15.6. The summed E-state index contributed by atoms with van der Waals surface area (Å²) in [4.78, 5) is 39.1. The molecule has 0 aliphatic carbocycles. The van der Waals surface area contributed by atoms with Gasteiger partial charge in [-0.05, 0) is 85.6 Å². The molecule has 0 saturated carbocycles. The molecule has 15 rings (SSSR count). The van der Waals surface area contributed by atoms with E-state index < -0.39 is 19.0 Å². The maximum Gasteiger partial charge on any atom is 0.128 e. The zero-order chi connectivity index (χ0) is 77.7. The van der Waals surface area contributed by atoms with Crippen molar-refractivity contribution in [3.8, 4) is 68.6 Å². The zero-order valence-corrected chi connectivity index (χ0v) is 61.5. The number of benzene rings is 7. The Hall–Kier alpha value is -12.2. The number of nitrogens with zero attached hydrogens (tertiary/aromatic N) is 18. The van der Waals surface area contributed by atoms with Crippen LogP contribution in [0.3, 0.4) is 0 Å². The lowest BCUT2D eigenvalue weighted by atomic mass is 10.1. The summed E-state index contributed by atoms with van der Waals surface area (Å²) in [5, 5.41) is 33.1. The van der Waals surface area contributed by atoms with E-state index in [1.54, 1.807) is 79.7 Å². The van der Waals surface area contributed by atoms with Crippen molar-refractivity contribution in [1.82, 2.24) is 69.0 Å². The molecule has 2 fully saturated rings. The van der Waals surface area contributed by atoms with Crippen molar-refractivity contribution in [2.24, 2.45) is 27.1 Å². The Morgan fingerprint density at radius 1 is 0.546 bits per heavy atom. The number of β-amino-alcohol motifs (C(OH)–C–C–N with tert-alkyl or cyclic N) is 1. The number of halogens is 1. The van der Waals surface area contributed by atoms with Gasteiger partial charge in [0, 0.05) is 178 Å². The van der Waals surface area contributed by atoms with Gasteiger partial charge in [0.2, 0.25) is 0 Å². The van der Waals surface area contributed by atoms with Crippen molar-refractivity contribution < 1.29 is 42.0 Å². The highest BCUT2D eigenvalue weighted by Crippen LogP contribution is 2.38. The maximum atomic E-state index is 14.3. The number of fused-ring (bicyclic) bond motifs is 3.